The third-order valence-corrected chi connectivity index (χ3v) is 3.09. The molecule has 0 bridgehead atoms. The van der Waals surface area contributed by atoms with Crippen LogP contribution in [-0.4, -0.2) is 28.8 Å². The van der Waals surface area contributed by atoms with Crippen LogP contribution in [0.15, 0.2) is 29.4 Å². The van der Waals surface area contributed by atoms with Gasteiger partial charge in [0.25, 0.3) is 0 Å². The van der Waals surface area contributed by atoms with Crippen molar-refractivity contribution in [2.45, 2.75) is 59.0 Å². The Morgan fingerprint density at radius 1 is 1.14 bits per heavy atom. The minimum absolute atomic E-state index is 0.313. The number of amidine groups is 1. The van der Waals surface area contributed by atoms with Crippen molar-refractivity contribution in [1.29, 1.82) is 0 Å². The summed E-state index contributed by atoms with van der Waals surface area (Å²) in [5.41, 5.74) is 2.29. The van der Waals surface area contributed by atoms with Crippen LogP contribution >= 0.6 is 0 Å². The molecule has 1 aromatic rings. The van der Waals surface area contributed by atoms with Gasteiger partial charge in [-0.25, -0.2) is 5.06 Å². The van der Waals surface area contributed by atoms with Crippen LogP contribution in [0, 0.1) is 0 Å². The lowest BCUT2D eigenvalue weighted by Gasteiger charge is -2.28. The molecule has 21 heavy (non-hydrogen) atoms. The summed E-state index contributed by atoms with van der Waals surface area (Å²) in [6, 6.07) is 8.63. The van der Waals surface area contributed by atoms with E-state index in [1.807, 2.05) is 20.8 Å². The highest BCUT2D eigenvalue weighted by Gasteiger charge is 2.17. The number of oxime groups is 1. The quantitative estimate of drug-likeness (QED) is 0.373. The molecule has 0 saturated carbocycles. The lowest BCUT2D eigenvalue weighted by molar-refractivity contribution is -0.170. The standard InChI is InChI=1S/C17H28N2O2/c1-6-7-14-8-10-15(11-9-14)12-13-16(18-20)19(5)21-17(2,3)4/h8-11,20H,6-7,12-13H2,1-5H3/b18-16-. The molecule has 0 heterocycles. The van der Waals surface area contributed by atoms with Crippen LogP contribution in [0.2, 0.25) is 0 Å². The molecule has 4 heteroatoms. The highest BCUT2D eigenvalue weighted by atomic mass is 16.7. The second kappa shape index (κ2) is 8.03. The molecule has 4 nitrogen and oxygen atoms in total. The van der Waals surface area contributed by atoms with E-state index >= 15 is 0 Å². The molecule has 0 amide bonds. The number of hydrogen-bond donors (Lipinski definition) is 1. The number of benzene rings is 1. The molecule has 0 fully saturated rings. The van der Waals surface area contributed by atoms with E-state index in [-0.39, 0.29) is 5.60 Å². The Balaban J connectivity index is 2.55. The van der Waals surface area contributed by atoms with Crippen LogP contribution in [-0.2, 0) is 17.7 Å². The van der Waals surface area contributed by atoms with Crippen LogP contribution < -0.4 is 0 Å². The number of hydrogen-bond acceptors (Lipinski definition) is 3. The van der Waals surface area contributed by atoms with Crippen LogP contribution in [0.5, 0.6) is 0 Å². The first-order valence-electron chi connectivity index (χ1n) is 7.57. The highest BCUT2D eigenvalue weighted by Crippen LogP contribution is 2.13. The van der Waals surface area contributed by atoms with E-state index in [2.05, 4.69) is 36.3 Å². The van der Waals surface area contributed by atoms with Gasteiger partial charge < -0.3 is 5.21 Å². The van der Waals surface area contributed by atoms with Gasteiger partial charge in [-0.05, 0) is 44.7 Å². The number of nitrogens with zero attached hydrogens (tertiary/aromatic N) is 2. The van der Waals surface area contributed by atoms with Crippen molar-refractivity contribution in [2.75, 3.05) is 7.05 Å². The molecule has 0 aliphatic carbocycles. The topological polar surface area (TPSA) is 45.1 Å². The SMILES string of the molecule is CCCc1ccc(CC/C(=N/O)N(C)OC(C)(C)C)cc1. The third-order valence-electron chi connectivity index (χ3n) is 3.09. The minimum atomic E-state index is -0.313. The Bertz CT molecular complexity index is 447. The molecule has 1 rings (SSSR count). The maximum Gasteiger partial charge on any atom is 0.168 e. The first-order valence-corrected chi connectivity index (χ1v) is 7.57. The normalized spacial score (nSPS) is 12.5. The van der Waals surface area contributed by atoms with Gasteiger partial charge in [-0.15, -0.1) is 0 Å². The fourth-order valence-corrected chi connectivity index (χ4v) is 2.15. The molecule has 0 aliphatic rings. The number of hydroxylamine groups is 2. The maximum absolute atomic E-state index is 9.15. The molecule has 1 aromatic carbocycles. The van der Waals surface area contributed by atoms with Crippen LogP contribution in [0.1, 0.15) is 51.7 Å². The van der Waals surface area contributed by atoms with Crippen molar-refractivity contribution in [3.63, 3.8) is 0 Å². The average Bonchev–Trinajstić information content (AvgIpc) is 2.39. The molecule has 0 aromatic heterocycles. The first-order chi connectivity index (χ1) is 9.85. The van der Waals surface area contributed by atoms with Crippen molar-refractivity contribution in [2.24, 2.45) is 5.16 Å². The van der Waals surface area contributed by atoms with E-state index in [1.54, 1.807) is 12.1 Å². The molecule has 118 valence electrons. The average molecular weight is 292 g/mol. The second-order valence-corrected chi connectivity index (χ2v) is 6.28. The fraction of sp³-hybridized carbons (Fsp3) is 0.588. The molecule has 0 atom stereocenters. The maximum atomic E-state index is 9.15. The molecule has 1 N–H and O–H groups in total. The summed E-state index contributed by atoms with van der Waals surface area (Å²) < 4.78 is 0. The number of rotatable bonds is 6. The number of aryl methyl sites for hydroxylation is 2. The van der Waals surface area contributed by atoms with Gasteiger partial charge in [-0.3, -0.25) is 4.84 Å². The predicted molar refractivity (Wildman–Crippen MR) is 86.6 cm³/mol. The van der Waals surface area contributed by atoms with Gasteiger partial charge in [0.2, 0.25) is 0 Å². The molecule has 0 unspecified atom stereocenters. The third kappa shape index (κ3) is 6.63. The van der Waals surface area contributed by atoms with Gasteiger partial charge in [-0.1, -0.05) is 42.8 Å². The summed E-state index contributed by atoms with van der Waals surface area (Å²) >= 11 is 0. The van der Waals surface area contributed by atoms with Gasteiger partial charge in [0, 0.05) is 13.5 Å². The molecular formula is C17H28N2O2. The van der Waals surface area contributed by atoms with E-state index in [0.29, 0.717) is 12.3 Å². The summed E-state index contributed by atoms with van der Waals surface area (Å²) in [7, 11) is 1.77. The first kappa shape index (κ1) is 17.5. The van der Waals surface area contributed by atoms with Crippen LogP contribution in [0.4, 0.5) is 0 Å². The Hall–Kier alpha value is -1.55. The molecule has 0 radical (unpaired) electrons. The van der Waals surface area contributed by atoms with Gasteiger partial charge >= 0.3 is 0 Å². The molecule has 0 spiro atoms. The van der Waals surface area contributed by atoms with Crippen molar-refractivity contribution in [3.8, 4) is 0 Å². The lowest BCUT2D eigenvalue weighted by Crippen LogP contribution is -2.35. The van der Waals surface area contributed by atoms with Gasteiger partial charge in [0.15, 0.2) is 5.84 Å². The Labute approximate surface area is 128 Å². The zero-order valence-corrected chi connectivity index (χ0v) is 13.9. The van der Waals surface area contributed by atoms with Gasteiger partial charge in [0.1, 0.15) is 0 Å². The van der Waals surface area contributed by atoms with Crippen molar-refractivity contribution < 1.29 is 10.0 Å². The van der Waals surface area contributed by atoms with Crippen molar-refractivity contribution >= 4 is 5.84 Å². The van der Waals surface area contributed by atoms with E-state index in [9.17, 15) is 0 Å². The fourth-order valence-electron chi connectivity index (χ4n) is 2.15. The Morgan fingerprint density at radius 3 is 2.10 bits per heavy atom. The molecule has 0 saturated heterocycles. The molecular weight excluding hydrogens is 264 g/mol. The zero-order chi connectivity index (χ0) is 15.9. The summed E-state index contributed by atoms with van der Waals surface area (Å²) in [5, 5.41) is 14.1. The smallest absolute Gasteiger partial charge is 0.168 e. The van der Waals surface area contributed by atoms with E-state index in [4.69, 9.17) is 10.0 Å². The lowest BCUT2D eigenvalue weighted by atomic mass is 10.0. The summed E-state index contributed by atoms with van der Waals surface area (Å²) in [6.45, 7) is 8.07. The summed E-state index contributed by atoms with van der Waals surface area (Å²) in [6.07, 6.45) is 3.74. The van der Waals surface area contributed by atoms with Crippen molar-refractivity contribution in [1.82, 2.24) is 5.06 Å². The van der Waals surface area contributed by atoms with E-state index in [0.717, 1.165) is 19.3 Å². The monoisotopic (exact) mass is 292 g/mol. The summed E-state index contributed by atoms with van der Waals surface area (Å²) in [5.74, 6) is 0.530. The van der Waals surface area contributed by atoms with Crippen molar-refractivity contribution in [3.05, 3.63) is 35.4 Å². The van der Waals surface area contributed by atoms with E-state index in [1.165, 1.54) is 11.1 Å². The largest absolute Gasteiger partial charge is 0.409 e. The Morgan fingerprint density at radius 2 is 1.67 bits per heavy atom. The second-order valence-electron chi connectivity index (χ2n) is 6.28. The zero-order valence-electron chi connectivity index (χ0n) is 13.9. The summed E-state index contributed by atoms with van der Waals surface area (Å²) in [4.78, 5) is 5.67. The van der Waals surface area contributed by atoms with E-state index < -0.39 is 0 Å². The van der Waals surface area contributed by atoms with Gasteiger partial charge in [0.05, 0.1) is 5.60 Å². The van der Waals surface area contributed by atoms with Crippen LogP contribution in [0.25, 0.3) is 0 Å². The Kier molecular flexibility index (Phi) is 6.69. The van der Waals surface area contributed by atoms with Gasteiger partial charge in [-0.2, -0.15) is 0 Å². The highest BCUT2D eigenvalue weighted by molar-refractivity contribution is 5.80. The van der Waals surface area contributed by atoms with Crippen LogP contribution in [0.3, 0.4) is 0 Å². The predicted octanol–water partition coefficient (Wildman–Crippen LogP) is 4.02. The minimum Gasteiger partial charge on any atom is -0.409 e. The molecule has 0 aliphatic heterocycles.